The summed E-state index contributed by atoms with van der Waals surface area (Å²) in [4.78, 5) is 2.46. The third-order valence-electron chi connectivity index (χ3n) is 3.33. The largest absolute Gasteiger partial charge is 0.399 e. The highest BCUT2D eigenvalue weighted by atomic mass is 15.1. The van der Waals surface area contributed by atoms with Gasteiger partial charge >= 0.3 is 0 Å². The lowest BCUT2D eigenvalue weighted by atomic mass is 9.99. The van der Waals surface area contributed by atoms with Gasteiger partial charge < -0.3 is 5.73 Å². The van der Waals surface area contributed by atoms with E-state index < -0.39 is 0 Å². The molecule has 0 aliphatic carbocycles. The van der Waals surface area contributed by atoms with Gasteiger partial charge in [0, 0.05) is 25.2 Å². The van der Waals surface area contributed by atoms with Gasteiger partial charge in [-0.15, -0.1) is 0 Å². The van der Waals surface area contributed by atoms with Crippen molar-refractivity contribution in [3.8, 4) is 6.07 Å². The number of hydrogen-bond acceptors (Lipinski definition) is 3. The van der Waals surface area contributed by atoms with Crippen LogP contribution in [0.5, 0.6) is 0 Å². The molecule has 0 atom stereocenters. The van der Waals surface area contributed by atoms with Crippen molar-refractivity contribution in [3.05, 3.63) is 29.3 Å². The number of hydrogen-bond donors (Lipinski definition) is 1. The maximum Gasteiger partial charge on any atom is 0.0621 e. The van der Waals surface area contributed by atoms with Crippen LogP contribution in [0.2, 0.25) is 0 Å². The summed E-state index contributed by atoms with van der Waals surface area (Å²) in [5.41, 5.74) is 9.48. The number of rotatable bonds is 4. The summed E-state index contributed by atoms with van der Waals surface area (Å²) in [6, 6.07) is 8.43. The predicted molar refractivity (Wildman–Crippen MR) is 69.3 cm³/mol. The van der Waals surface area contributed by atoms with Gasteiger partial charge in [0.15, 0.2) is 0 Å². The third kappa shape index (κ3) is 3.21. The Morgan fingerprint density at radius 1 is 1.29 bits per heavy atom. The van der Waals surface area contributed by atoms with E-state index in [0.717, 1.165) is 44.6 Å². The van der Waals surface area contributed by atoms with Crippen LogP contribution < -0.4 is 5.73 Å². The van der Waals surface area contributed by atoms with Crippen LogP contribution in [-0.2, 0) is 13.0 Å². The van der Waals surface area contributed by atoms with Gasteiger partial charge in [-0.1, -0.05) is 6.07 Å². The highest BCUT2D eigenvalue weighted by molar-refractivity contribution is 5.45. The minimum Gasteiger partial charge on any atom is -0.399 e. The molecule has 1 aromatic rings. The Bertz CT molecular complexity index is 420. The molecular formula is C14H19N3. The van der Waals surface area contributed by atoms with Crippen molar-refractivity contribution < 1.29 is 0 Å². The first-order valence-corrected chi connectivity index (χ1v) is 6.26. The lowest BCUT2D eigenvalue weighted by molar-refractivity contribution is 0.249. The Hall–Kier alpha value is -1.53. The lowest BCUT2D eigenvalue weighted by Gasteiger charge is -2.28. The fourth-order valence-electron chi connectivity index (χ4n) is 2.37. The maximum atomic E-state index is 8.49. The molecule has 3 nitrogen and oxygen atoms in total. The molecule has 0 bridgehead atoms. The number of benzene rings is 1. The van der Waals surface area contributed by atoms with Gasteiger partial charge in [-0.3, -0.25) is 4.90 Å². The van der Waals surface area contributed by atoms with Crippen LogP contribution in [0.3, 0.4) is 0 Å². The van der Waals surface area contributed by atoms with Crippen molar-refractivity contribution in [2.24, 2.45) is 0 Å². The van der Waals surface area contributed by atoms with Crippen LogP contribution in [-0.4, -0.2) is 18.0 Å². The SMILES string of the molecule is N#CCCCCN1CCc2ccc(N)cc2C1. The zero-order valence-electron chi connectivity index (χ0n) is 10.2. The van der Waals surface area contributed by atoms with Crippen molar-refractivity contribution in [2.75, 3.05) is 18.8 Å². The number of nitrogens with two attached hydrogens (primary N) is 1. The summed E-state index contributed by atoms with van der Waals surface area (Å²) < 4.78 is 0. The maximum absolute atomic E-state index is 8.49. The number of anilines is 1. The smallest absolute Gasteiger partial charge is 0.0621 e. The molecule has 1 aliphatic heterocycles. The van der Waals surface area contributed by atoms with E-state index in [1.54, 1.807) is 0 Å². The molecular weight excluding hydrogens is 210 g/mol. The van der Waals surface area contributed by atoms with Gasteiger partial charge in [0.2, 0.25) is 0 Å². The Morgan fingerprint density at radius 2 is 2.18 bits per heavy atom. The van der Waals surface area contributed by atoms with Crippen molar-refractivity contribution in [2.45, 2.75) is 32.2 Å². The summed E-state index contributed by atoms with van der Waals surface area (Å²) in [5.74, 6) is 0. The normalized spacial score (nSPS) is 15.2. The highest BCUT2D eigenvalue weighted by Gasteiger charge is 2.15. The molecule has 1 heterocycles. The molecule has 17 heavy (non-hydrogen) atoms. The Morgan fingerprint density at radius 3 is 3.00 bits per heavy atom. The zero-order valence-corrected chi connectivity index (χ0v) is 10.2. The van der Waals surface area contributed by atoms with Gasteiger partial charge in [0.1, 0.15) is 0 Å². The van der Waals surface area contributed by atoms with E-state index in [-0.39, 0.29) is 0 Å². The predicted octanol–water partition coefficient (Wildman–Crippen LogP) is 2.32. The van der Waals surface area contributed by atoms with Gasteiger partial charge in [0.25, 0.3) is 0 Å². The summed E-state index contributed by atoms with van der Waals surface area (Å²) in [7, 11) is 0. The van der Waals surface area contributed by atoms with E-state index in [9.17, 15) is 0 Å². The quantitative estimate of drug-likeness (QED) is 0.636. The average Bonchev–Trinajstić information content (AvgIpc) is 2.34. The van der Waals surface area contributed by atoms with E-state index in [0.29, 0.717) is 6.42 Å². The molecule has 0 amide bonds. The van der Waals surface area contributed by atoms with Crippen molar-refractivity contribution in [1.29, 1.82) is 5.26 Å². The summed E-state index contributed by atoms with van der Waals surface area (Å²) in [6.45, 7) is 3.23. The standard InChI is InChI=1S/C14H19N3/c15-7-2-1-3-8-17-9-6-12-4-5-14(16)10-13(12)11-17/h4-5,10H,1-3,6,8-9,11,16H2. The number of fused-ring (bicyclic) bond motifs is 1. The summed E-state index contributed by atoms with van der Waals surface area (Å²) in [6.07, 6.45) is 3.92. The molecule has 0 saturated heterocycles. The number of unbranched alkanes of at least 4 members (excludes halogenated alkanes) is 2. The first-order valence-electron chi connectivity index (χ1n) is 6.26. The van der Waals surface area contributed by atoms with Crippen LogP contribution in [0.4, 0.5) is 5.69 Å². The van der Waals surface area contributed by atoms with Crippen LogP contribution in [0.1, 0.15) is 30.4 Å². The summed E-state index contributed by atoms with van der Waals surface area (Å²) >= 11 is 0. The van der Waals surface area contributed by atoms with Gasteiger partial charge in [0.05, 0.1) is 6.07 Å². The monoisotopic (exact) mass is 229 g/mol. The Balaban J connectivity index is 1.87. The zero-order chi connectivity index (χ0) is 12.1. The minimum atomic E-state index is 0.678. The third-order valence-corrected chi connectivity index (χ3v) is 3.33. The van der Waals surface area contributed by atoms with E-state index in [1.807, 2.05) is 6.07 Å². The van der Waals surface area contributed by atoms with Crippen LogP contribution in [0, 0.1) is 11.3 Å². The molecule has 0 spiro atoms. The molecule has 0 aromatic heterocycles. The second kappa shape index (κ2) is 5.70. The fourth-order valence-corrected chi connectivity index (χ4v) is 2.37. The molecule has 0 unspecified atom stereocenters. The molecule has 1 aromatic carbocycles. The van der Waals surface area contributed by atoms with Crippen LogP contribution in [0.15, 0.2) is 18.2 Å². The first-order chi connectivity index (χ1) is 8.29. The van der Waals surface area contributed by atoms with E-state index in [1.165, 1.54) is 11.1 Å². The lowest BCUT2D eigenvalue weighted by Crippen LogP contribution is -2.31. The second-order valence-corrected chi connectivity index (χ2v) is 4.67. The topological polar surface area (TPSA) is 53.0 Å². The molecule has 2 N–H and O–H groups in total. The molecule has 0 radical (unpaired) electrons. The molecule has 3 heteroatoms. The van der Waals surface area contributed by atoms with E-state index in [2.05, 4.69) is 23.1 Å². The van der Waals surface area contributed by atoms with Gasteiger partial charge in [-0.05, 0) is 49.1 Å². The highest BCUT2D eigenvalue weighted by Crippen LogP contribution is 2.21. The summed E-state index contributed by atoms with van der Waals surface area (Å²) in [5, 5.41) is 8.49. The fraction of sp³-hybridized carbons (Fsp3) is 0.500. The number of nitrogens with zero attached hydrogens (tertiary/aromatic N) is 2. The van der Waals surface area contributed by atoms with E-state index >= 15 is 0 Å². The first kappa shape index (κ1) is 11.9. The molecule has 1 aliphatic rings. The molecule has 0 fully saturated rings. The van der Waals surface area contributed by atoms with Crippen LogP contribution in [0.25, 0.3) is 0 Å². The van der Waals surface area contributed by atoms with Crippen LogP contribution >= 0.6 is 0 Å². The molecule has 90 valence electrons. The van der Waals surface area contributed by atoms with Gasteiger partial charge in [-0.25, -0.2) is 0 Å². The van der Waals surface area contributed by atoms with Gasteiger partial charge in [-0.2, -0.15) is 5.26 Å². The van der Waals surface area contributed by atoms with Crippen molar-refractivity contribution in [1.82, 2.24) is 4.90 Å². The number of nitriles is 1. The average molecular weight is 229 g/mol. The minimum absolute atomic E-state index is 0.678. The van der Waals surface area contributed by atoms with E-state index in [4.69, 9.17) is 11.0 Å². The molecule has 2 rings (SSSR count). The second-order valence-electron chi connectivity index (χ2n) is 4.67. The van der Waals surface area contributed by atoms with Crippen molar-refractivity contribution in [3.63, 3.8) is 0 Å². The number of nitrogen functional groups attached to an aromatic ring is 1. The molecule has 0 saturated carbocycles. The van der Waals surface area contributed by atoms with Crippen molar-refractivity contribution >= 4 is 5.69 Å². The Labute approximate surface area is 103 Å². The Kier molecular flexibility index (Phi) is 4.00.